The predicted molar refractivity (Wildman–Crippen MR) is 38.9 cm³/mol. The van der Waals surface area contributed by atoms with Crippen LogP contribution in [0.5, 0.6) is 0 Å². The Morgan fingerprint density at radius 3 is 3.18 bits per heavy atom. The second kappa shape index (κ2) is 4.10. The van der Waals surface area contributed by atoms with E-state index in [1.54, 1.807) is 0 Å². The average Bonchev–Trinajstić information content (AvgIpc) is 2.81. The standard InChI is InChI=1S/C7H11NO3/c1-2-7(9)8-5-10-3-6-4-11-6/h2,6H,1,3-5H2,(H,8,9). The molecule has 0 spiro atoms. The lowest BCUT2D eigenvalue weighted by Crippen LogP contribution is -2.24. The van der Waals surface area contributed by atoms with E-state index in [-0.39, 0.29) is 18.7 Å². The van der Waals surface area contributed by atoms with Crippen molar-refractivity contribution < 1.29 is 14.3 Å². The van der Waals surface area contributed by atoms with Gasteiger partial charge in [-0.15, -0.1) is 0 Å². The molecule has 0 aromatic rings. The Labute approximate surface area is 65.2 Å². The van der Waals surface area contributed by atoms with Crippen molar-refractivity contribution in [2.45, 2.75) is 6.10 Å². The second-order valence-electron chi connectivity index (χ2n) is 2.22. The van der Waals surface area contributed by atoms with E-state index in [4.69, 9.17) is 9.47 Å². The summed E-state index contributed by atoms with van der Waals surface area (Å²) in [6.45, 7) is 4.85. The Hall–Kier alpha value is -0.870. The summed E-state index contributed by atoms with van der Waals surface area (Å²) in [4.78, 5) is 10.5. The number of carbonyl (C=O) groups is 1. The number of amides is 1. The topological polar surface area (TPSA) is 50.9 Å². The van der Waals surface area contributed by atoms with Gasteiger partial charge in [0.05, 0.1) is 13.2 Å². The molecule has 0 aromatic heterocycles. The summed E-state index contributed by atoms with van der Waals surface area (Å²) in [5, 5.41) is 2.48. The van der Waals surface area contributed by atoms with E-state index in [1.165, 1.54) is 6.08 Å². The van der Waals surface area contributed by atoms with E-state index >= 15 is 0 Å². The molecule has 4 nitrogen and oxygen atoms in total. The minimum absolute atomic E-state index is 0.221. The zero-order valence-electron chi connectivity index (χ0n) is 6.21. The average molecular weight is 157 g/mol. The first-order valence-corrected chi connectivity index (χ1v) is 3.42. The quantitative estimate of drug-likeness (QED) is 0.257. The number of ether oxygens (including phenoxy) is 2. The van der Waals surface area contributed by atoms with Crippen LogP contribution in [0.4, 0.5) is 0 Å². The molecule has 1 unspecified atom stereocenters. The molecule has 1 atom stereocenters. The molecule has 1 saturated heterocycles. The molecule has 1 fully saturated rings. The molecule has 1 heterocycles. The molecule has 1 aliphatic rings. The fourth-order valence-electron chi connectivity index (χ4n) is 0.549. The molecule has 11 heavy (non-hydrogen) atoms. The maximum atomic E-state index is 10.5. The molecule has 0 saturated carbocycles. The molecule has 0 radical (unpaired) electrons. The lowest BCUT2D eigenvalue weighted by atomic mass is 10.5. The van der Waals surface area contributed by atoms with Gasteiger partial charge in [0, 0.05) is 0 Å². The van der Waals surface area contributed by atoms with Gasteiger partial charge in [-0.1, -0.05) is 6.58 Å². The molecule has 1 amide bonds. The fourth-order valence-corrected chi connectivity index (χ4v) is 0.549. The van der Waals surface area contributed by atoms with Crippen LogP contribution in [0.1, 0.15) is 0 Å². The Kier molecular flexibility index (Phi) is 3.07. The van der Waals surface area contributed by atoms with Gasteiger partial charge in [0.2, 0.25) is 5.91 Å². The first-order chi connectivity index (χ1) is 5.33. The van der Waals surface area contributed by atoms with Crippen molar-refractivity contribution in [3.05, 3.63) is 12.7 Å². The van der Waals surface area contributed by atoms with E-state index in [0.717, 1.165) is 6.61 Å². The highest BCUT2D eigenvalue weighted by atomic mass is 16.6. The van der Waals surface area contributed by atoms with Crippen molar-refractivity contribution >= 4 is 5.91 Å². The lowest BCUT2D eigenvalue weighted by Gasteiger charge is -2.01. The summed E-state index contributed by atoms with van der Waals surface area (Å²) >= 11 is 0. The highest BCUT2D eigenvalue weighted by Gasteiger charge is 2.21. The van der Waals surface area contributed by atoms with Crippen LogP contribution in [-0.2, 0) is 14.3 Å². The van der Waals surface area contributed by atoms with E-state index in [0.29, 0.717) is 6.61 Å². The SMILES string of the molecule is C=CC(=O)NCOCC1CO1. The molecular formula is C7H11NO3. The predicted octanol–water partition coefficient (Wildman–Crippen LogP) is -0.339. The van der Waals surface area contributed by atoms with Crippen LogP contribution in [0.3, 0.4) is 0 Å². The number of hydrogen-bond donors (Lipinski definition) is 1. The molecule has 1 N–H and O–H groups in total. The third-order valence-corrected chi connectivity index (χ3v) is 1.24. The van der Waals surface area contributed by atoms with Crippen LogP contribution in [-0.4, -0.2) is 32.0 Å². The summed E-state index contributed by atoms with van der Waals surface area (Å²) in [6.07, 6.45) is 1.45. The lowest BCUT2D eigenvalue weighted by molar-refractivity contribution is -0.118. The molecular weight excluding hydrogens is 146 g/mol. The second-order valence-corrected chi connectivity index (χ2v) is 2.22. The number of epoxide rings is 1. The van der Waals surface area contributed by atoms with Gasteiger partial charge in [0.1, 0.15) is 12.8 Å². The highest BCUT2D eigenvalue weighted by Crippen LogP contribution is 2.07. The van der Waals surface area contributed by atoms with Gasteiger partial charge in [-0.25, -0.2) is 0 Å². The highest BCUT2D eigenvalue weighted by molar-refractivity contribution is 5.86. The Balaban J connectivity index is 1.86. The van der Waals surface area contributed by atoms with Crippen molar-refractivity contribution in [1.29, 1.82) is 0 Å². The zero-order chi connectivity index (χ0) is 8.10. The first kappa shape index (κ1) is 8.23. The van der Waals surface area contributed by atoms with Crippen LogP contribution in [0, 0.1) is 0 Å². The van der Waals surface area contributed by atoms with Gasteiger partial charge < -0.3 is 14.8 Å². The summed E-state index contributed by atoms with van der Waals surface area (Å²) in [6, 6.07) is 0. The van der Waals surface area contributed by atoms with Gasteiger partial charge in [0.15, 0.2) is 0 Å². The van der Waals surface area contributed by atoms with E-state index in [9.17, 15) is 4.79 Å². The van der Waals surface area contributed by atoms with Gasteiger partial charge in [-0.2, -0.15) is 0 Å². The van der Waals surface area contributed by atoms with Gasteiger partial charge >= 0.3 is 0 Å². The van der Waals surface area contributed by atoms with Crippen LogP contribution in [0.25, 0.3) is 0 Å². The molecule has 0 aromatic carbocycles. The molecule has 4 heteroatoms. The zero-order valence-corrected chi connectivity index (χ0v) is 6.21. The van der Waals surface area contributed by atoms with Crippen molar-refractivity contribution in [3.8, 4) is 0 Å². The summed E-state index contributed by atoms with van der Waals surface area (Å²) < 4.78 is 9.91. The number of nitrogens with one attached hydrogen (secondary N) is 1. The molecule has 1 aliphatic heterocycles. The molecule has 62 valence electrons. The largest absolute Gasteiger partial charge is 0.371 e. The van der Waals surface area contributed by atoms with Crippen LogP contribution < -0.4 is 5.32 Å². The smallest absolute Gasteiger partial charge is 0.245 e. The summed E-state index contributed by atoms with van der Waals surface area (Å²) in [5.41, 5.74) is 0. The Morgan fingerprint density at radius 2 is 2.64 bits per heavy atom. The van der Waals surface area contributed by atoms with Crippen molar-refractivity contribution in [1.82, 2.24) is 5.32 Å². The number of hydrogen-bond acceptors (Lipinski definition) is 3. The molecule has 1 rings (SSSR count). The normalized spacial score (nSPS) is 20.9. The van der Waals surface area contributed by atoms with Gasteiger partial charge in [0.25, 0.3) is 0 Å². The van der Waals surface area contributed by atoms with Crippen LogP contribution in [0.2, 0.25) is 0 Å². The Bertz CT molecular complexity index is 154. The van der Waals surface area contributed by atoms with Crippen molar-refractivity contribution in [3.63, 3.8) is 0 Å². The molecule has 0 aliphatic carbocycles. The van der Waals surface area contributed by atoms with Crippen molar-refractivity contribution in [2.75, 3.05) is 19.9 Å². The van der Waals surface area contributed by atoms with Crippen LogP contribution in [0.15, 0.2) is 12.7 Å². The van der Waals surface area contributed by atoms with Crippen molar-refractivity contribution in [2.24, 2.45) is 0 Å². The third kappa shape index (κ3) is 3.75. The first-order valence-electron chi connectivity index (χ1n) is 3.42. The van der Waals surface area contributed by atoms with E-state index < -0.39 is 0 Å². The maximum Gasteiger partial charge on any atom is 0.245 e. The Morgan fingerprint density at radius 1 is 1.91 bits per heavy atom. The minimum Gasteiger partial charge on any atom is -0.371 e. The van der Waals surface area contributed by atoms with E-state index in [2.05, 4.69) is 11.9 Å². The van der Waals surface area contributed by atoms with Gasteiger partial charge in [-0.05, 0) is 6.08 Å². The van der Waals surface area contributed by atoms with Gasteiger partial charge in [-0.3, -0.25) is 4.79 Å². The third-order valence-electron chi connectivity index (χ3n) is 1.24. The molecule has 0 bridgehead atoms. The van der Waals surface area contributed by atoms with Crippen LogP contribution >= 0.6 is 0 Å². The fraction of sp³-hybridized carbons (Fsp3) is 0.571. The number of rotatable bonds is 5. The maximum absolute atomic E-state index is 10.5. The monoisotopic (exact) mass is 157 g/mol. The summed E-state index contributed by atoms with van der Waals surface area (Å²) in [7, 11) is 0. The number of carbonyl (C=O) groups excluding carboxylic acids is 1. The minimum atomic E-state index is -0.221. The van der Waals surface area contributed by atoms with E-state index in [1.807, 2.05) is 0 Å². The summed E-state index contributed by atoms with van der Waals surface area (Å²) in [5.74, 6) is -0.221.